The molecule has 0 bridgehead atoms. The SMILES string of the molecule is NS(=O)(=O)OC[C@@H]1CC[C@H](Nc2ccncc2C(=O)c2ccn(Cc3ccc(Cl)c(C(F)(F)F)c3)n2)C1. The van der Waals surface area contributed by atoms with Gasteiger partial charge >= 0.3 is 16.5 Å². The maximum Gasteiger partial charge on any atom is 0.417 e. The zero-order valence-corrected chi connectivity index (χ0v) is 20.9. The van der Waals surface area contributed by atoms with Crippen LogP contribution in [0.5, 0.6) is 0 Å². The van der Waals surface area contributed by atoms with E-state index in [0.717, 1.165) is 18.9 Å². The van der Waals surface area contributed by atoms with E-state index in [9.17, 15) is 26.4 Å². The molecule has 1 fully saturated rings. The van der Waals surface area contributed by atoms with E-state index in [2.05, 4.69) is 15.4 Å². The molecular formula is C23H23ClF3N5O4S. The molecule has 3 N–H and O–H groups in total. The Morgan fingerprint density at radius 3 is 2.76 bits per heavy atom. The van der Waals surface area contributed by atoms with Crippen molar-refractivity contribution < 1.29 is 30.6 Å². The van der Waals surface area contributed by atoms with Gasteiger partial charge in [-0.2, -0.15) is 26.7 Å². The number of hydrogen-bond donors (Lipinski definition) is 2. The number of alkyl halides is 3. The zero-order chi connectivity index (χ0) is 26.8. The van der Waals surface area contributed by atoms with Crippen LogP contribution in [0.3, 0.4) is 0 Å². The highest BCUT2D eigenvalue weighted by Crippen LogP contribution is 2.35. The summed E-state index contributed by atoms with van der Waals surface area (Å²) in [5, 5.41) is 12.0. The number of rotatable bonds is 9. The smallest absolute Gasteiger partial charge is 0.382 e. The third kappa shape index (κ3) is 7.06. The monoisotopic (exact) mass is 557 g/mol. The van der Waals surface area contributed by atoms with Crippen LogP contribution in [0, 0.1) is 5.92 Å². The van der Waals surface area contributed by atoms with E-state index in [4.69, 9.17) is 20.9 Å². The van der Waals surface area contributed by atoms with Gasteiger partial charge in [0.2, 0.25) is 5.78 Å². The predicted octanol–water partition coefficient (Wildman–Crippen LogP) is 4.03. The van der Waals surface area contributed by atoms with E-state index < -0.39 is 32.8 Å². The largest absolute Gasteiger partial charge is 0.417 e. The minimum atomic E-state index is -4.59. The fourth-order valence-electron chi connectivity index (χ4n) is 4.25. The minimum absolute atomic E-state index is 0.00163. The van der Waals surface area contributed by atoms with Gasteiger partial charge in [-0.3, -0.25) is 18.6 Å². The highest BCUT2D eigenvalue weighted by atomic mass is 35.5. The molecule has 1 aromatic carbocycles. The third-order valence-electron chi connectivity index (χ3n) is 5.99. The highest BCUT2D eigenvalue weighted by Gasteiger charge is 2.33. The van der Waals surface area contributed by atoms with Crippen molar-refractivity contribution >= 4 is 33.4 Å². The summed E-state index contributed by atoms with van der Waals surface area (Å²) in [6.07, 6.45) is 1.96. The second-order valence-electron chi connectivity index (χ2n) is 8.76. The second kappa shape index (κ2) is 10.8. The molecule has 0 unspecified atom stereocenters. The number of hydrogen-bond acceptors (Lipinski definition) is 7. The van der Waals surface area contributed by atoms with E-state index in [1.807, 2.05) is 0 Å². The van der Waals surface area contributed by atoms with Crippen LogP contribution < -0.4 is 10.5 Å². The van der Waals surface area contributed by atoms with Gasteiger partial charge in [0, 0.05) is 30.3 Å². The molecule has 3 aromatic rings. The first-order chi connectivity index (χ1) is 17.4. The van der Waals surface area contributed by atoms with Crippen molar-refractivity contribution in [2.45, 2.75) is 38.0 Å². The lowest BCUT2D eigenvalue weighted by Gasteiger charge is -2.17. The standard InChI is InChI=1S/C23H23ClF3N5O4S/c24-19-4-2-14(10-18(19)23(25,26)27)12-32-8-6-21(31-32)22(33)17-11-29-7-5-20(17)30-16-3-1-15(9-16)13-36-37(28,34)35/h2,4-8,10-11,15-16H,1,3,9,12-13H2,(H,29,30)(H2,28,34,35)/t15-,16+/m1/s1. The highest BCUT2D eigenvalue weighted by molar-refractivity contribution is 7.84. The van der Waals surface area contributed by atoms with E-state index >= 15 is 0 Å². The van der Waals surface area contributed by atoms with Gasteiger partial charge in [0.25, 0.3) is 0 Å². The van der Waals surface area contributed by atoms with Gasteiger partial charge in [-0.15, -0.1) is 0 Å². The Morgan fingerprint density at radius 1 is 1.24 bits per heavy atom. The fourth-order valence-corrected chi connectivity index (χ4v) is 4.86. The number of benzene rings is 1. The van der Waals surface area contributed by atoms with Crippen molar-refractivity contribution in [1.29, 1.82) is 0 Å². The minimum Gasteiger partial charge on any atom is -0.382 e. The Hall–Kier alpha value is -3.00. The molecule has 0 radical (unpaired) electrons. The molecule has 198 valence electrons. The Kier molecular flexibility index (Phi) is 7.88. The second-order valence-corrected chi connectivity index (χ2v) is 10.4. The normalized spacial score (nSPS) is 18.2. The summed E-state index contributed by atoms with van der Waals surface area (Å²) >= 11 is 5.68. The number of ketones is 1. The molecule has 0 aliphatic heterocycles. The zero-order valence-electron chi connectivity index (χ0n) is 19.3. The van der Waals surface area contributed by atoms with Crippen molar-refractivity contribution in [3.63, 3.8) is 0 Å². The van der Waals surface area contributed by atoms with Crippen LogP contribution in [0.1, 0.15) is 46.4 Å². The van der Waals surface area contributed by atoms with Gasteiger partial charge in [-0.05, 0) is 55.0 Å². The molecule has 0 saturated heterocycles. The molecule has 37 heavy (non-hydrogen) atoms. The molecule has 1 aliphatic carbocycles. The Bertz CT molecular complexity index is 1400. The predicted molar refractivity (Wildman–Crippen MR) is 129 cm³/mol. The number of nitrogens with two attached hydrogens (primary N) is 1. The van der Waals surface area contributed by atoms with Gasteiger partial charge < -0.3 is 5.32 Å². The summed E-state index contributed by atoms with van der Waals surface area (Å²) in [6.45, 7) is 0.00436. The summed E-state index contributed by atoms with van der Waals surface area (Å²) in [5.74, 6) is -0.410. The molecule has 2 aromatic heterocycles. The Morgan fingerprint density at radius 2 is 2.03 bits per heavy atom. The molecule has 0 spiro atoms. The lowest BCUT2D eigenvalue weighted by molar-refractivity contribution is -0.137. The van der Waals surface area contributed by atoms with Gasteiger partial charge in [0.15, 0.2) is 0 Å². The third-order valence-corrected chi connectivity index (χ3v) is 6.78. The fraction of sp³-hybridized carbons (Fsp3) is 0.348. The van der Waals surface area contributed by atoms with Crippen molar-refractivity contribution in [1.82, 2.24) is 14.8 Å². The van der Waals surface area contributed by atoms with Crippen LogP contribution in [0.4, 0.5) is 18.9 Å². The molecule has 2 heterocycles. The lowest BCUT2D eigenvalue weighted by Crippen LogP contribution is -2.21. The van der Waals surface area contributed by atoms with Gasteiger partial charge in [0.1, 0.15) is 5.69 Å². The lowest BCUT2D eigenvalue weighted by atomic mass is 10.1. The summed E-state index contributed by atoms with van der Waals surface area (Å²) in [4.78, 5) is 17.2. The number of halogens is 4. The van der Waals surface area contributed by atoms with Crippen LogP contribution in [0.25, 0.3) is 0 Å². The Labute approximate surface area is 216 Å². The van der Waals surface area contributed by atoms with Crippen LogP contribution in [-0.4, -0.2) is 41.6 Å². The van der Waals surface area contributed by atoms with Gasteiger partial charge in [0.05, 0.1) is 29.3 Å². The van der Waals surface area contributed by atoms with Crippen LogP contribution in [0.2, 0.25) is 5.02 Å². The molecule has 2 atom stereocenters. The average Bonchev–Trinajstić information content (AvgIpc) is 3.47. The number of nitrogens with one attached hydrogen (secondary N) is 1. The first kappa shape index (κ1) is 27.0. The van der Waals surface area contributed by atoms with E-state index in [1.54, 1.807) is 6.07 Å². The topological polar surface area (TPSA) is 129 Å². The van der Waals surface area contributed by atoms with Crippen LogP contribution in [-0.2, 0) is 27.2 Å². The number of aromatic nitrogens is 3. The number of pyridine rings is 1. The van der Waals surface area contributed by atoms with Crippen molar-refractivity contribution in [2.75, 3.05) is 11.9 Å². The first-order valence-electron chi connectivity index (χ1n) is 11.2. The molecule has 0 amide bonds. The maximum absolute atomic E-state index is 13.2. The average molecular weight is 558 g/mol. The number of carbonyl (C=O) groups is 1. The van der Waals surface area contributed by atoms with Crippen molar-refractivity contribution in [3.8, 4) is 0 Å². The van der Waals surface area contributed by atoms with Crippen molar-refractivity contribution in [3.05, 3.63) is 76.3 Å². The molecule has 9 nitrogen and oxygen atoms in total. The molecule has 1 saturated carbocycles. The van der Waals surface area contributed by atoms with Gasteiger partial charge in [-0.1, -0.05) is 17.7 Å². The molecule has 4 rings (SSSR count). The van der Waals surface area contributed by atoms with Crippen LogP contribution >= 0.6 is 11.6 Å². The quantitative estimate of drug-likeness (QED) is 0.380. The number of anilines is 1. The van der Waals surface area contributed by atoms with E-state index in [0.29, 0.717) is 17.7 Å². The maximum atomic E-state index is 13.2. The summed E-state index contributed by atoms with van der Waals surface area (Å²) in [5.41, 5.74) is 0.311. The summed E-state index contributed by atoms with van der Waals surface area (Å²) in [6, 6.07) is 6.72. The number of carbonyl (C=O) groups excluding carboxylic acids is 1. The van der Waals surface area contributed by atoms with Crippen molar-refractivity contribution in [2.24, 2.45) is 11.1 Å². The van der Waals surface area contributed by atoms with Gasteiger partial charge in [-0.25, -0.2) is 5.14 Å². The molecule has 14 heteroatoms. The van der Waals surface area contributed by atoms with Crippen LogP contribution in [0.15, 0.2) is 48.9 Å². The summed E-state index contributed by atoms with van der Waals surface area (Å²) in [7, 11) is -4.00. The van der Waals surface area contributed by atoms with E-state index in [1.165, 1.54) is 41.5 Å². The first-order valence-corrected chi connectivity index (χ1v) is 13.1. The Balaban J connectivity index is 1.44. The molecule has 1 aliphatic rings. The number of nitrogens with zero attached hydrogens (tertiary/aromatic N) is 3. The van der Waals surface area contributed by atoms with E-state index in [-0.39, 0.29) is 36.4 Å². The summed E-state index contributed by atoms with van der Waals surface area (Å²) < 4.78 is 67.6. The molecular weight excluding hydrogens is 535 g/mol.